The summed E-state index contributed by atoms with van der Waals surface area (Å²) in [5.41, 5.74) is 0.748. The van der Waals surface area contributed by atoms with Crippen molar-refractivity contribution in [3.63, 3.8) is 0 Å². The lowest BCUT2D eigenvalue weighted by molar-refractivity contribution is 0.533. The zero-order valence-corrected chi connectivity index (χ0v) is 10.2. The Morgan fingerprint density at radius 3 is 2.89 bits per heavy atom. The van der Waals surface area contributed by atoms with E-state index in [0.29, 0.717) is 23.5 Å². The first kappa shape index (κ1) is 10.8. The monoisotopic (exact) mass is 243 g/mol. The minimum Gasteiger partial charge on any atom is -0.461 e. The number of aromatic amines is 1. The van der Waals surface area contributed by atoms with E-state index in [2.05, 4.69) is 34.1 Å². The molecule has 0 saturated heterocycles. The highest BCUT2D eigenvalue weighted by atomic mass is 16.3. The van der Waals surface area contributed by atoms with Crippen LogP contribution in [0.15, 0.2) is 35.1 Å². The average molecular weight is 243 g/mol. The molecule has 0 fully saturated rings. The van der Waals surface area contributed by atoms with Crippen molar-refractivity contribution in [2.45, 2.75) is 19.9 Å². The second-order valence-corrected chi connectivity index (χ2v) is 4.26. The standard InChI is InChI=1S/C12H13N5O/c1-8(2)17-6-5-9(16-17)11-13-12(15-14-11)10-4-3-7-18-10/h3-8H,1-2H3,(H,13,14,15). The Morgan fingerprint density at radius 1 is 1.33 bits per heavy atom. The van der Waals surface area contributed by atoms with Gasteiger partial charge in [0.2, 0.25) is 5.82 Å². The molecule has 0 atom stereocenters. The summed E-state index contributed by atoms with van der Waals surface area (Å²) in [7, 11) is 0. The summed E-state index contributed by atoms with van der Waals surface area (Å²) in [6, 6.07) is 5.86. The van der Waals surface area contributed by atoms with Gasteiger partial charge in [-0.25, -0.2) is 4.98 Å². The maximum atomic E-state index is 5.25. The van der Waals surface area contributed by atoms with Crippen LogP contribution in [0.25, 0.3) is 23.1 Å². The zero-order chi connectivity index (χ0) is 12.5. The van der Waals surface area contributed by atoms with Gasteiger partial charge in [0.25, 0.3) is 0 Å². The predicted octanol–water partition coefficient (Wildman–Crippen LogP) is 2.51. The SMILES string of the molecule is CC(C)n1ccc(-c2n[nH]c(-c3ccco3)n2)n1. The molecule has 0 aliphatic carbocycles. The second kappa shape index (κ2) is 4.14. The first-order valence-electron chi connectivity index (χ1n) is 5.76. The topological polar surface area (TPSA) is 72.5 Å². The molecule has 0 aliphatic heterocycles. The van der Waals surface area contributed by atoms with E-state index in [1.54, 1.807) is 6.26 Å². The molecule has 18 heavy (non-hydrogen) atoms. The van der Waals surface area contributed by atoms with E-state index in [9.17, 15) is 0 Å². The molecule has 0 saturated carbocycles. The summed E-state index contributed by atoms with van der Waals surface area (Å²) in [4.78, 5) is 4.36. The fourth-order valence-corrected chi connectivity index (χ4v) is 1.64. The molecule has 0 aromatic carbocycles. The van der Waals surface area contributed by atoms with Crippen LogP contribution in [0, 0.1) is 0 Å². The summed E-state index contributed by atoms with van der Waals surface area (Å²) in [6.07, 6.45) is 3.52. The number of aromatic nitrogens is 5. The predicted molar refractivity (Wildman–Crippen MR) is 65.7 cm³/mol. The molecule has 3 aromatic heterocycles. The molecule has 0 unspecified atom stereocenters. The molecule has 1 N–H and O–H groups in total. The highest BCUT2D eigenvalue weighted by Crippen LogP contribution is 2.19. The Bertz CT molecular complexity index is 635. The fraction of sp³-hybridized carbons (Fsp3) is 0.250. The van der Waals surface area contributed by atoms with Gasteiger partial charge in [-0.1, -0.05) is 0 Å². The van der Waals surface area contributed by atoms with E-state index in [4.69, 9.17) is 4.42 Å². The van der Waals surface area contributed by atoms with E-state index < -0.39 is 0 Å². The molecule has 0 aliphatic rings. The van der Waals surface area contributed by atoms with Crippen molar-refractivity contribution in [3.8, 4) is 23.1 Å². The Balaban J connectivity index is 1.93. The normalized spacial score (nSPS) is 11.3. The third-order valence-corrected chi connectivity index (χ3v) is 2.61. The molecule has 92 valence electrons. The number of rotatable bonds is 3. The van der Waals surface area contributed by atoms with Crippen LogP contribution in [-0.2, 0) is 0 Å². The van der Waals surface area contributed by atoms with Gasteiger partial charge in [-0.3, -0.25) is 9.78 Å². The van der Waals surface area contributed by atoms with Crippen molar-refractivity contribution in [2.75, 3.05) is 0 Å². The van der Waals surface area contributed by atoms with Crippen molar-refractivity contribution < 1.29 is 4.42 Å². The van der Waals surface area contributed by atoms with Crippen molar-refractivity contribution in [1.29, 1.82) is 0 Å². The highest BCUT2D eigenvalue weighted by Gasteiger charge is 2.12. The number of H-pyrrole nitrogens is 1. The van der Waals surface area contributed by atoms with E-state index in [-0.39, 0.29) is 0 Å². The Kier molecular flexibility index (Phi) is 2.47. The van der Waals surface area contributed by atoms with Crippen molar-refractivity contribution in [3.05, 3.63) is 30.7 Å². The summed E-state index contributed by atoms with van der Waals surface area (Å²) >= 11 is 0. The lowest BCUT2D eigenvalue weighted by atomic mass is 10.4. The van der Waals surface area contributed by atoms with Gasteiger partial charge in [0.15, 0.2) is 11.6 Å². The van der Waals surface area contributed by atoms with E-state index in [1.165, 1.54) is 0 Å². The van der Waals surface area contributed by atoms with Gasteiger partial charge >= 0.3 is 0 Å². The van der Waals surface area contributed by atoms with Gasteiger partial charge < -0.3 is 4.42 Å². The zero-order valence-electron chi connectivity index (χ0n) is 10.2. The van der Waals surface area contributed by atoms with Gasteiger partial charge in [0.05, 0.1) is 6.26 Å². The van der Waals surface area contributed by atoms with Crippen LogP contribution in [0.3, 0.4) is 0 Å². The van der Waals surface area contributed by atoms with Crippen LogP contribution in [0.4, 0.5) is 0 Å². The molecule has 6 heteroatoms. The van der Waals surface area contributed by atoms with E-state index >= 15 is 0 Å². The Labute approximate surface area is 104 Å². The van der Waals surface area contributed by atoms with Crippen LogP contribution in [0.2, 0.25) is 0 Å². The largest absolute Gasteiger partial charge is 0.461 e. The molecule has 3 aromatic rings. The molecule has 0 radical (unpaired) electrons. The number of hydrogen-bond donors (Lipinski definition) is 1. The third-order valence-electron chi connectivity index (χ3n) is 2.61. The quantitative estimate of drug-likeness (QED) is 0.767. The smallest absolute Gasteiger partial charge is 0.202 e. The molecular weight excluding hydrogens is 230 g/mol. The number of nitrogens with one attached hydrogen (secondary N) is 1. The lowest BCUT2D eigenvalue weighted by Gasteiger charge is -2.02. The summed E-state index contributed by atoms with van der Waals surface area (Å²) in [6.45, 7) is 4.14. The van der Waals surface area contributed by atoms with Crippen molar-refractivity contribution in [2.24, 2.45) is 0 Å². The molecule has 0 amide bonds. The molecule has 3 heterocycles. The summed E-state index contributed by atoms with van der Waals surface area (Å²) in [5, 5.41) is 11.4. The van der Waals surface area contributed by atoms with Crippen LogP contribution in [0.5, 0.6) is 0 Å². The minimum atomic E-state index is 0.322. The highest BCUT2D eigenvalue weighted by molar-refractivity contribution is 5.54. The molecule has 3 rings (SSSR count). The number of nitrogens with zero attached hydrogens (tertiary/aromatic N) is 4. The van der Waals surface area contributed by atoms with E-state index in [0.717, 1.165) is 5.69 Å². The van der Waals surface area contributed by atoms with Crippen molar-refractivity contribution in [1.82, 2.24) is 25.0 Å². The molecule has 0 spiro atoms. The first-order chi connectivity index (χ1) is 8.74. The fourth-order valence-electron chi connectivity index (χ4n) is 1.64. The maximum absolute atomic E-state index is 5.25. The van der Waals surface area contributed by atoms with Gasteiger partial charge in [-0.15, -0.1) is 0 Å². The lowest BCUT2D eigenvalue weighted by Crippen LogP contribution is -2.00. The maximum Gasteiger partial charge on any atom is 0.202 e. The Morgan fingerprint density at radius 2 is 2.22 bits per heavy atom. The summed E-state index contributed by atoms with van der Waals surface area (Å²) in [5.74, 6) is 1.84. The number of hydrogen-bond acceptors (Lipinski definition) is 4. The van der Waals surface area contributed by atoms with Crippen molar-refractivity contribution >= 4 is 0 Å². The van der Waals surface area contributed by atoms with Crippen LogP contribution >= 0.6 is 0 Å². The second-order valence-electron chi connectivity index (χ2n) is 4.26. The van der Waals surface area contributed by atoms with Crippen LogP contribution in [0.1, 0.15) is 19.9 Å². The van der Waals surface area contributed by atoms with Crippen LogP contribution < -0.4 is 0 Å². The first-order valence-corrected chi connectivity index (χ1v) is 5.76. The van der Waals surface area contributed by atoms with Gasteiger partial charge in [-0.2, -0.15) is 10.2 Å². The van der Waals surface area contributed by atoms with E-state index in [1.807, 2.05) is 29.1 Å². The Hall–Kier alpha value is -2.37. The van der Waals surface area contributed by atoms with Gasteiger partial charge in [-0.05, 0) is 32.0 Å². The van der Waals surface area contributed by atoms with Crippen LogP contribution in [-0.4, -0.2) is 25.0 Å². The third kappa shape index (κ3) is 1.81. The molecule has 6 nitrogen and oxygen atoms in total. The molecule has 0 bridgehead atoms. The minimum absolute atomic E-state index is 0.322. The van der Waals surface area contributed by atoms with Gasteiger partial charge in [0, 0.05) is 12.2 Å². The summed E-state index contributed by atoms with van der Waals surface area (Å²) < 4.78 is 7.13. The molecular formula is C12H13N5O. The number of furan rings is 1. The average Bonchev–Trinajstić information content (AvgIpc) is 3.10. The van der Waals surface area contributed by atoms with Gasteiger partial charge in [0.1, 0.15) is 5.69 Å².